The third kappa shape index (κ3) is 4.23. The molecule has 0 saturated carbocycles. The number of nitro groups is 1. The van der Waals surface area contributed by atoms with Gasteiger partial charge in [0.15, 0.2) is 0 Å². The van der Waals surface area contributed by atoms with Crippen molar-refractivity contribution in [2.24, 2.45) is 0 Å². The Morgan fingerprint density at radius 3 is 2.68 bits per heavy atom. The molecule has 1 saturated heterocycles. The molecular formula is C21H12ClFN2O5S. The van der Waals surface area contributed by atoms with E-state index in [1.165, 1.54) is 24.3 Å². The third-order valence-electron chi connectivity index (χ3n) is 4.48. The van der Waals surface area contributed by atoms with Crippen LogP contribution in [0, 0.1) is 15.9 Å². The molecule has 31 heavy (non-hydrogen) atoms. The summed E-state index contributed by atoms with van der Waals surface area (Å²) in [5, 5.41) is 10.8. The molecule has 7 nitrogen and oxygen atoms in total. The van der Waals surface area contributed by atoms with Gasteiger partial charge in [0.1, 0.15) is 17.3 Å². The highest BCUT2D eigenvalue weighted by molar-refractivity contribution is 8.18. The van der Waals surface area contributed by atoms with Crippen molar-refractivity contribution < 1.29 is 23.3 Å². The molecule has 4 rings (SSSR count). The lowest BCUT2D eigenvalue weighted by Crippen LogP contribution is -2.27. The van der Waals surface area contributed by atoms with Crippen LogP contribution in [-0.2, 0) is 11.3 Å². The monoisotopic (exact) mass is 458 g/mol. The Hall–Kier alpha value is -3.43. The number of hydrogen-bond acceptors (Lipinski definition) is 6. The van der Waals surface area contributed by atoms with E-state index in [2.05, 4.69) is 0 Å². The minimum absolute atomic E-state index is 0.0965. The second-order valence-electron chi connectivity index (χ2n) is 6.48. The van der Waals surface area contributed by atoms with Crippen molar-refractivity contribution in [3.63, 3.8) is 0 Å². The Kier molecular flexibility index (Phi) is 5.62. The summed E-state index contributed by atoms with van der Waals surface area (Å²) in [6.45, 7) is -0.0965. The summed E-state index contributed by atoms with van der Waals surface area (Å²) in [6, 6.07) is 12.9. The number of rotatable bonds is 5. The fraction of sp³-hybridized carbons (Fsp3) is 0.0476. The van der Waals surface area contributed by atoms with Crippen LogP contribution in [0.25, 0.3) is 17.4 Å². The molecule has 3 aromatic rings. The van der Waals surface area contributed by atoms with Crippen LogP contribution in [0.15, 0.2) is 63.9 Å². The van der Waals surface area contributed by atoms with Gasteiger partial charge in [0.2, 0.25) is 0 Å². The summed E-state index contributed by atoms with van der Waals surface area (Å²) in [5.41, 5.74) is 0.620. The number of furan rings is 1. The smallest absolute Gasteiger partial charge is 0.293 e. The maximum absolute atomic E-state index is 13.2. The van der Waals surface area contributed by atoms with Crippen molar-refractivity contribution in [3.8, 4) is 11.3 Å². The largest absolute Gasteiger partial charge is 0.456 e. The number of carbonyl (C=O) groups is 2. The van der Waals surface area contributed by atoms with E-state index in [9.17, 15) is 24.1 Å². The second-order valence-corrected chi connectivity index (χ2v) is 7.88. The standard InChI is InChI=1S/C21H12ClFN2O5S/c22-16-9-13(23)6-5-12(16)11-24-20(26)19(31-21(24)27)10-14-7-8-18(30-14)15-3-1-2-4-17(15)25(28)29/h1-10H,11H2/b19-10-. The number of thioether (sulfide) groups is 1. The molecule has 2 aromatic carbocycles. The number of nitro benzene ring substituents is 1. The van der Waals surface area contributed by atoms with E-state index in [1.807, 2.05) is 0 Å². The molecule has 0 N–H and O–H groups in total. The minimum Gasteiger partial charge on any atom is -0.456 e. The molecular weight excluding hydrogens is 447 g/mol. The molecule has 2 heterocycles. The zero-order valence-electron chi connectivity index (χ0n) is 15.6. The third-order valence-corrected chi connectivity index (χ3v) is 5.74. The molecule has 0 spiro atoms. The zero-order valence-corrected chi connectivity index (χ0v) is 17.2. The van der Waals surface area contributed by atoms with Crippen LogP contribution in [0.3, 0.4) is 0 Å². The summed E-state index contributed by atoms with van der Waals surface area (Å²) in [6.07, 6.45) is 1.40. The zero-order chi connectivity index (χ0) is 22.1. The number of nitrogens with zero attached hydrogens (tertiary/aromatic N) is 2. The molecule has 0 unspecified atom stereocenters. The highest BCUT2D eigenvalue weighted by Gasteiger charge is 2.35. The summed E-state index contributed by atoms with van der Waals surface area (Å²) in [7, 11) is 0. The van der Waals surface area contributed by atoms with Gasteiger partial charge in [-0.3, -0.25) is 24.6 Å². The van der Waals surface area contributed by atoms with Gasteiger partial charge >= 0.3 is 0 Å². The maximum atomic E-state index is 13.2. The van der Waals surface area contributed by atoms with Crippen LogP contribution < -0.4 is 0 Å². The van der Waals surface area contributed by atoms with Crippen LogP contribution in [0.1, 0.15) is 11.3 Å². The number of amides is 2. The van der Waals surface area contributed by atoms with E-state index in [1.54, 1.807) is 30.3 Å². The first-order valence-corrected chi connectivity index (χ1v) is 10.1. The summed E-state index contributed by atoms with van der Waals surface area (Å²) < 4.78 is 18.9. The van der Waals surface area contributed by atoms with Crippen molar-refractivity contribution in [1.29, 1.82) is 0 Å². The summed E-state index contributed by atoms with van der Waals surface area (Å²) in [5.74, 6) is -0.538. The van der Waals surface area contributed by atoms with Crippen molar-refractivity contribution >= 4 is 46.3 Å². The van der Waals surface area contributed by atoms with Crippen molar-refractivity contribution in [2.45, 2.75) is 6.54 Å². The number of hydrogen-bond donors (Lipinski definition) is 0. The van der Waals surface area contributed by atoms with Gasteiger partial charge in [0, 0.05) is 17.2 Å². The van der Waals surface area contributed by atoms with Gasteiger partial charge < -0.3 is 4.42 Å². The van der Waals surface area contributed by atoms with Crippen molar-refractivity contribution in [3.05, 3.63) is 91.8 Å². The van der Waals surface area contributed by atoms with Gasteiger partial charge in [-0.2, -0.15) is 0 Å². The topological polar surface area (TPSA) is 93.7 Å². The predicted octanol–water partition coefficient (Wildman–Crippen LogP) is 5.88. The molecule has 2 amide bonds. The molecule has 1 aliphatic rings. The molecule has 0 atom stereocenters. The van der Waals surface area contributed by atoms with E-state index >= 15 is 0 Å². The quantitative estimate of drug-likeness (QED) is 0.269. The second kappa shape index (κ2) is 8.37. The average molecular weight is 459 g/mol. The van der Waals surface area contributed by atoms with E-state index in [-0.39, 0.29) is 33.7 Å². The van der Waals surface area contributed by atoms with Crippen molar-refractivity contribution in [1.82, 2.24) is 4.90 Å². The Bertz CT molecular complexity index is 1260. The molecule has 1 aromatic heterocycles. The van der Waals surface area contributed by atoms with Crippen LogP contribution >= 0.6 is 23.4 Å². The minimum atomic E-state index is -0.543. The first-order chi connectivity index (χ1) is 14.8. The Morgan fingerprint density at radius 2 is 1.94 bits per heavy atom. The fourth-order valence-corrected chi connectivity index (χ4v) is 4.05. The Labute approximate surface area is 184 Å². The van der Waals surface area contributed by atoms with Crippen molar-refractivity contribution in [2.75, 3.05) is 0 Å². The van der Waals surface area contributed by atoms with Crippen LogP contribution in [-0.4, -0.2) is 21.0 Å². The van der Waals surface area contributed by atoms with E-state index in [4.69, 9.17) is 16.0 Å². The van der Waals surface area contributed by atoms with Crippen LogP contribution in [0.5, 0.6) is 0 Å². The Morgan fingerprint density at radius 1 is 1.16 bits per heavy atom. The van der Waals surface area contributed by atoms with Gasteiger partial charge in [-0.25, -0.2) is 4.39 Å². The molecule has 156 valence electrons. The predicted molar refractivity (Wildman–Crippen MR) is 114 cm³/mol. The fourth-order valence-electron chi connectivity index (χ4n) is 3.00. The van der Waals surface area contributed by atoms with Gasteiger partial charge in [0.05, 0.1) is 21.9 Å². The number of carbonyl (C=O) groups excluding carboxylic acids is 2. The first kappa shape index (κ1) is 20.8. The van der Waals surface area contributed by atoms with Gasteiger partial charge in [-0.1, -0.05) is 29.8 Å². The van der Waals surface area contributed by atoms with Crippen LogP contribution in [0.2, 0.25) is 5.02 Å². The normalized spacial score (nSPS) is 15.2. The summed E-state index contributed by atoms with van der Waals surface area (Å²) >= 11 is 6.72. The number of para-hydroxylation sites is 1. The van der Waals surface area contributed by atoms with Gasteiger partial charge in [-0.05, 0) is 47.7 Å². The lowest BCUT2D eigenvalue weighted by Gasteiger charge is -2.13. The Balaban J connectivity index is 1.57. The molecule has 1 aliphatic heterocycles. The van der Waals surface area contributed by atoms with Gasteiger partial charge in [-0.15, -0.1) is 0 Å². The first-order valence-electron chi connectivity index (χ1n) is 8.86. The molecule has 10 heteroatoms. The molecule has 1 fully saturated rings. The molecule has 0 bridgehead atoms. The van der Waals surface area contributed by atoms with E-state index in [0.717, 1.165) is 22.7 Å². The molecule has 0 radical (unpaired) electrons. The lowest BCUT2D eigenvalue weighted by molar-refractivity contribution is -0.384. The van der Waals surface area contributed by atoms with E-state index in [0.29, 0.717) is 11.1 Å². The average Bonchev–Trinajstić information content (AvgIpc) is 3.30. The highest BCUT2D eigenvalue weighted by Crippen LogP contribution is 2.36. The SMILES string of the molecule is O=C1S/C(=C\c2ccc(-c3ccccc3[N+](=O)[O-])o2)C(=O)N1Cc1ccc(F)cc1Cl. The van der Waals surface area contributed by atoms with Gasteiger partial charge in [0.25, 0.3) is 16.8 Å². The number of halogens is 2. The molecule has 0 aliphatic carbocycles. The number of benzene rings is 2. The lowest BCUT2D eigenvalue weighted by atomic mass is 10.1. The van der Waals surface area contributed by atoms with Crippen LogP contribution in [0.4, 0.5) is 14.9 Å². The highest BCUT2D eigenvalue weighted by atomic mass is 35.5. The number of imide groups is 1. The maximum Gasteiger partial charge on any atom is 0.293 e. The van der Waals surface area contributed by atoms with E-state index < -0.39 is 21.9 Å². The summed E-state index contributed by atoms with van der Waals surface area (Å²) in [4.78, 5) is 36.9.